The quantitative estimate of drug-likeness (QED) is 0.826. The number of aromatic nitrogens is 2. The van der Waals surface area contributed by atoms with Crippen LogP contribution < -0.4 is 16.0 Å². The van der Waals surface area contributed by atoms with Gasteiger partial charge in [-0.2, -0.15) is 5.10 Å². The summed E-state index contributed by atoms with van der Waals surface area (Å²) in [4.78, 5) is 12.0. The van der Waals surface area contributed by atoms with Crippen LogP contribution in [0, 0.1) is 0 Å². The highest BCUT2D eigenvalue weighted by molar-refractivity contribution is 6.35. The van der Waals surface area contributed by atoms with Crippen LogP contribution >= 0.6 is 23.2 Å². The van der Waals surface area contributed by atoms with Crippen LogP contribution in [0.15, 0.2) is 35.3 Å². The summed E-state index contributed by atoms with van der Waals surface area (Å²) in [6, 6.07) is 6.57. The van der Waals surface area contributed by atoms with Gasteiger partial charge in [-0.3, -0.25) is 4.79 Å². The largest absolute Gasteiger partial charge is 0.492 e. The molecule has 112 valence electrons. The summed E-state index contributed by atoms with van der Waals surface area (Å²) in [7, 11) is 0. The molecule has 0 saturated heterocycles. The minimum absolute atomic E-state index is 0.209. The normalized spacial score (nSPS) is 10.6. The molecule has 2 N–H and O–H groups in total. The van der Waals surface area contributed by atoms with Crippen molar-refractivity contribution in [3.05, 3.63) is 56.4 Å². The van der Waals surface area contributed by atoms with Crippen LogP contribution in [0.3, 0.4) is 0 Å². The molecule has 1 aromatic carbocycles. The van der Waals surface area contributed by atoms with E-state index in [0.29, 0.717) is 34.5 Å². The first-order valence-electron chi connectivity index (χ1n) is 6.44. The van der Waals surface area contributed by atoms with Gasteiger partial charge in [0.15, 0.2) is 0 Å². The molecule has 21 heavy (non-hydrogen) atoms. The predicted molar refractivity (Wildman–Crippen MR) is 83.2 cm³/mol. The van der Waals surface area contributed by atoms with E-state index >= 15 is 0 Å². The Bertz CT molecular complexity index is 653. The number of benzene rings is 1. The molecule has 0 radical (unpaired) electrons. The number of rotatable bonds is 6. The highest BCUT2D eigenvalue weighted by atomic mass is 35.5. The Balaban J connectivity index is 2.16. The van der Waals surface area contributed by atoms with Crippen LogP contribution in [0.25, 0.3) is 0 Å². The highest BCUT2D eigenvalue weighted by Crippen LogP contribution is 2.24. The Morgan fingerprint density at radius 2 is 2.00 bits per heavy atom. The molecule has 1 heterocycles. The molecule has 0 atom stereocenters. The van der Waals surface area contributed by atoms with Crippen molar-refractivity contribution in [3.8, 4) is 5.75 Å². The van der Waals surface area contributed by atoms with Crippen molar-refractivity contribution in [2.45, 2.75) is 13.0 Å². The molecule has 0 fully saturated rings. The zero-order valence-corrected chi connectivity index (χ0v) is 12.8. The Labute approximate surface area is 132 Å². The van der Waals surface area contributed by atoms with Crippen LogP contribution in [0.1, 0.15) is 12.0 Å². The van der Waals surface area contributed by atoms with E-state index in [2.05, 4.69) is 5.10 Å². The Morgan fingerprint density at radius 3 is 2.62 bits per heavy atom. The summed E-state index contributed by atoms with van der Waals surface area (Å²) in [5, 5.41) is 5.06. The van der Waals surface area contributed by atoms with E-state index in [0.717, 1.165) is 6.42 Å². The van der Waals surface area contributed by atoms with Crippen LogP contribution in [-0.4, -0.2) is 22.9 Å². The second-order valence-corrected chi connectivity index (χ2v) is 5.19. The summed E-state index contributed by atoms with van der Waals surface area (Å²) >= 11 is 12.2. The number of ether oxygens (including phenoxy) is 1. The SMILES string of the molecule is NCCCOc1cnn(Cc2c(Cl)cccc2Cl)c(=O)c1. The lowest BCUT2D eigenvalue weighted by atomic mass is 10.2. The molecule has 2 rings (SSSR count). The van der Waals surface area contributed by atoms with Crippen molar-refractivity contribution in [1.82, 2.24) is 9.78 Å². The maximum Gasteiger partial charge on any atom is 0.270 e. The second kappa shape index (κ2) is 7.45. The van der Waals surface area contributed by atoms with Crippen molar-refractivity contribution in [1.29, 1.82) is 0 Å². The molecule has 0 aliphatic carbocycles. The monoisotopic (exact) mass is 327 g/mol. The summed E-state index contributed by atoms with van der Waals surface area (Å²) in [5.74, 6) is 0.426. The van der Waals surface area contributed by atoms with Crippen LogP contribution in [-0.2, 0) is 6.54 Å². The van der Waals surface area contributed by atoms with Crippen molar-refractivity contribution < 1.29 is 4.74 Å². The van der Waals surface area contributed by atoms with Gasteiger partial charge in [0.25, 0.3) is 5.56 Å². The zero-order chi connectivity index (χ0) is 15.2. The van der Waals surface area contributed by atoms with Gasteiger partial charge in [0.1, 0.15) is 5.75 Å². The zero-order valence-electron chi connectivity index (χ0n) is 11.3. The molecule has 0 bridgehead atoms. The summed E-state index contributed by atoms with van der Waals surface area (Å²) in [5.41, 5.74) is 5.75. The highest BCUT2D eigenvalue weighted by Gasteiger charge is 2.08. The maximum atomic E-state index is 12.0. The van der Waals surface area contributed by atoms with Gasteiger partial charge < -0.3 is 10.5 Å². The fourth-order valence-electron chi connectivity index (χ4n) is 1.72. The smallest absolute Gasteiger partial charge is 0.270 e. The van der Waals surface area contributed by atoms with Gasteiger partial charge in [-0.1, -0.05) is 29.3 Å². The number of nitrogens with two attached hydrogens (primary N) is 1. The van der Waals surface area contributed by atoms with Gasteiger partial charge in [-0.15, -0.1) is 0 Å². The molecule has 0 spiro atoms. The van der Waals surface area contributed by atoms with Gasteiger partial charge >= 0.3 is 0 Å². The van der Waals surface area contributed by atoms with Gasteiger partial charge in [-0.25, -0.2) is 4.68 Å². The maximum absolute atomic E-state index is 12.0. The molecule has 0 aliphatic rings. The molecule has 0 aliphatic heterocycles. The van der Waals surface area contributed by atoms with Crippen molar-refractivity contribution >= 4 is 23.2 Å². The van der Waals surface area contributed by atoms with E-state index in [1.54, 1.807) is 18.2 Å². The van der Waals surface area contributed by atoms with Crippen LogP contribution in [0.5, 0.6) is 5.75 Å². The van der Waals surface area contributed by atoms with E-state index in [-0.39, 0.29) is 12.1 Å². The third kappa shape index (κ3) is 4.20. The Kier molecular flexibility index (Phi) is 5.61. The summed E-state index contributed by atoms with van der Waals surface area (Å²) in [6.07, 6.45) is 2.21. The minimum Gasteiger partial charge on any atom is -0.492 e. The Hall–Kier alpha value is -1.56. The molecule has 5 nitrogen and oxygen atoms in total. The fraction of sp³-hybridized carbons (Fsp3) is 0.286. The van der Waals surface area contributed by atoms with E-state index in [1.165, 1.54) is 16.9 Å². The van der Waals surface area contributed by atoms with Gasteiger partial charge in [-0.05, 0) is 25.1 Å². The van der Waals surface area contributed by atoms with E-state index in [9.17, 15) is 4.79 Å². The van der Waals surface area contributed by atoms with Crippen molar-refractivity contribution in [2.75, 3.05) is 13.2 Å². The lowest BCUT2D eigenvalue weighted by Gasteiger charge is -2.09. The predicted octanol–water partition coefficient (Wildman–Crippen LogP) is 2.33. The van der Waals surface area contributed by atoms with Crippen LogP contribution in [0.2, 0.25) is 10.0 Å². The average Bonchev–Trinajstić information content (AvgIpc) is 2.45. The van der Waals surface area contributed by atoms with E-state index < -0.39 is 0 Å². The molecular weight excluding hydrogens is 313 g/mol. The number of halogens is 2. The molecule has 0 amide bonds. The van der Waals surface area contributed by atoms with Crippen LogP contribution in [0.4, 0.5) is 0 Å². The fourth-order valence-corrected chi connectivity index (χ4v) is 2.24. The minimum atomic E-state index is -0.281. The van der Waals surface area contributed by atoms with E-state index in [4.69, 9.17) is 33.7 Å². The molecule has 0 unspecified atom stereocenters. The topological polar surface area (TPSA) is 70.1 Å². The van der Waals surface area contributed by atoms with Gasteiger partial charge in [0.2, 0.25) is 0 Å². The standard InChI is InChI=1S/C14H15Cl2N3O2/c15-12-3-1-4-13(16)11(12)9-19-14(20)7-10(8-18-19)21-6-2-5-17/h1,3-4,7-8H,2,5-6,9,17H2. The van der Waals surface area contributed by atoms with Crippen molar-refractivity contribution in [3.63, 3.8) is 0 Å². The van der Waals surface area contributed by atoms with Gasteiger partial charge in [0.05, 0.1) is 19.3 Å². The first-order chi connectivity index (χ1) is 10.1. The van der Waals surface area contributed by atoms with Crippen molar-refractivity contribution in [2.24, 2.45) is 5.73 Å². The number of nitrogens with zero attached hydrogens (tertiary/aromatic N) is 2. The summed E-state index contributed by atoms with van der Waals surface area (Å²) < 4.78 is 6.65. The third-order valence-corrected chi connectivity index (χ3v) is 3.54. The first kappa shape index (κ1) is 15.8. The molecule has 1 aromatic heterocycles. The molecule has 7 heteroatoms. The first-order valence-corrected chi connectivity index (χ1v) is 7.20. The van der Waals surface area contributed by atoms with Gasteiger partial charge in [0, 0.05) is 21.7 Å². The number of hydrogen-bond acceptors (Lipinski definition) is 4. The molecular formula is C14H15Cl2N3O2. The molecule has 2 aromatic rings. The average molecular weight is 328 g/mol. The lowest BCUT2D eigenvalue weighted by molar-refractivity contribution is 0.309. The second-order valence-electron chi connectivity index (χ2n) is 4.38. The van der Waals surface area contributed by atoms with E-state index in [1.807, 2.05) is 0 Å². The molecule has 0 saturated carbocycles. The third-order valence-electron chi connectivity index (χ3n) is 2.83. The Morgan fingerprint density at radius 1 is 1.29 bits per heavy atom. The summed E-state index contributed by atoms with van der Waals surface area (Å²) in [6.45, 7) is 1.20. The number of hydrogen-bond donors (Lipinski definition) is 1. The lowest BCUT2D eigenvalue weighted by Crippen LogP contribution is -2.23.